The van der Waals surface area contributed by atoms with Gasteiger partial charge in [0.15, 0.2) is 5.78 Å². The van der Waals surface area contributed by atoms with Gasteiger partial charge in [0.05, 0.1) is 11.5 Å². The van der Waals surface area contributed by atoms with Gasteiger partial charge in [0.1, 0.15) is 5.78 Å². The molecule has 2 rings (SSSR count). The standard InChI is InChI=1S/C11H16O3/c1-6-5-9(13)8-3-4-11(6,7(2)12)10(8)14/h6,8-9,13H,3-5H2,1-2H3. The van der Waals surface area contributed by atoms with Gasteiger partial charge in [-0.1, -0.05) is 6.92 Å². The van der Waals surface area contributed by atoms with Crippen molar-refractivity contribution in [3.05, 3.63) is 0 Å². The molecule has 4 atom stereocenters. The van der Waals surface area contributed by atoms with Crippen molar-refractivity contribution in [3.63, 3.8) is 0 Å². The molecule has 0 aromatic carbocycles. The Morgan fingerprint density at radius 3 is 2.79 bits per heavy atom. The molecule has 0 aliphatic heterocycles. The normalized spacial score (nSPS) is 46.8. The zero-order valence-corrected chi connectivity index (χ0v) is 8.62. The van der Waals surface area contributed by atoms with Crippen molar-refractivity contribution < 1.29 is 14.7 Å². The molecule has 0 aromatic rings. The summed E-state index contributed by atoms with van der Waals surface area (Å²) >= 11 is 0. The minimum Gasteiger partial charge on any atom is -0.392 e. The van der Waals surface area contributed by atoms with Crippen LogP contribution >= 0.6 is 0 Å². The smallest absolute Gasteiger partial charge is 0.152 e. The Morgan fingerprint density at radius 2 is 2.21 bits per heavy atom. The summed E-state index contributed by atoms with van der Waals surface area (Å²) < 4.78 is 0. The quantitative estimate of drug-likeness (QED) is 0.635. The average molecular weight is 196 g/mol. The Balaban J connectivity index is 2.43. The summed E-state index contributed by atoms with van der Waals surface area (Å²) in [6.07, 6.45) is 1.40. The molecule has 3 nitrogen and oxygen atoms in total. The van der Waals surface area contributed by atoms with Gasteiger partial charge in [-0.15, -0.1) is 0 Å². The van der Waals surface area contributed by atoms with Crippen LogP contribution < -0.4 is 0 Å². The molecule has 2 fully saturated rings. The number of carbonyl (C=O) groups is 2. The lowest BCUT2D eigenvalue weighted by molar-refractivity contribution is -0.148. The van der Waals surface area contributed by atoms with E-state index < -0.39 is 11.5 Å². The number of fused-ring (bicyclic) bond motifs is 2. The van der Waals surface area contributed by atoms with Crippen molar-refractivity contribution >= 4 is 11.6 Å². The van der Waals surface area contributed by atoms with E-state index in [2.05, 4.69) is 0 Å². The van der Waals surface area contributed by atoms with E-state index in [0.29, 0.717) is 19.3 Å². The van der Waals surface area contributed by atoms with E-state index in [-0.39, 0.29) is 23.4 Å². The minimum absolute atomic E-state index is 0.00116. The van der Waals surface area contributed by atoms with E-state index >= 15 is 0 Å². The number of rotatable bonds is 1. The highest BCUT2D eigenvalue weighted by atomic mass is 16.3. The van der Waals surface area contributed by atoms with Crippen molar-refractivity contribution in [1.82, 2.24) is 0 Å². The van der Waals surface area contributed by atoms with E-state index in [1.807, 2.05) is 6.92 Å². The summed E-state index contributed by atoms with van der Waals surface area (Å²) in [6, 6.07) is 0. The number of Topliss-reactive ketones (excluding diaryl/α,β-unsaturated/α-hetero) is 2. The van der Waals surface area contributed by atoms with Crippen LogP contribution in [0.4, 0.5) is 0 Å². The maximum atomic E-state index is 12.0. The fourth-order valence-electron chi connectivity index (χ4n) is 3.25. The summed E-state index contributed by atoms with van der Waals surface area (Å²) in [4.78, 5) is 23.6. The fraction of sp³-hybridized carbons (Fsp3) is 0.818. The Morgan fingerprint density at radius 1 is 1.57 bits per heavy atom. The van der Waals surface area contributed by atoms with E-state index in [0.717, 1.165) is 0 Å². The molecule has 1 N–H and O–H groups in total. The van der Waals surface area contributed by atoms with Gasteiger partial charge in [-0.2, -0.15) is 0 Å². The molecular weight excluding hydrogens is 180 g/mol. The maximum absolute atomic E-state index is 12.0. The molecule has 78 valence electrons. The highest BCUT2D eigenvalue weighted by Crippen LogP contribution is 2.52. The number of hydrogen-bond donors (Lipinski definition) is 1. The SMILES string of the molecule is CC(=O)C12CCC(C1=O)C(O)CC2C. The van der Waals surface area contributed by atoms with Gasteiger partial charge in [0, 0.05) is 5.92 Å². The van der Waals surface area contributed by atoms with Gasteiger partial charge >= 0.3 is 0 Å². The molecule has 0 heterocycles. The summed E-state index contributed by atoms with van der Waals surface area (Å²) in [5.74, 6) is -0.281. The zero-order valence-electron chi connectivity index (χ0n) is 8.62. The van der Waals surface area contributed by atoms with Gasteiger partial charge in [-0.05, 0) is 32.1 Å². The van der Waals surface area contributed by atoms with Crippen molar-refractivity contribution in [2.75, 3.05) is 0 Å². The topological polar surface area (TPSA) is 54.4 Å². The lowest BCUT2D eigenvalue weighted by Gasteiger charge is -2.37. The third kappa shape index (κ3) is 0.962. The van der Waals surface area contributed by atoms with E-state index in [1.165, 1.54) is 6.92 Å². The predicted octanol–water partition coefficient (Wildman–Crippen LogP) is 0.942. The fourth-order valence-corrected chi connectivity index (χ4v) is 3.25. The Bertz CT molecular complexity index is 297. The van der Waals surface area contributed by atoms with E-state index in [4.69, 9.17) is 0 Å². The summed E-state index contributed by atoms with van der Waals surface area (Å²) in [5, 5.41) is 9.70. The lowest BCUT2D eigenvalue weighted by Crippen LogP contribution is -2.48. The van der Waals surface area contributed by atoms with Crippen molar-refractivity contribution in [2.24, 2.45) is 17.3 Å². The van der Waals surface area contributed by atoms with Crippen LogP contribution in [0.2, 0.25) is 0 Å². The molecule has 2 saturated carbocycles. The molecule has 3 heteroatoms. The van der Waals surface area contributed by atoms with Crippen LogP contribution in [0.15, 0.2) is 0 Å². The first kappa shape index (κ1) is 9.84. The molecule has 2 bridgehead atoms. The van der Waals surface area contributed by atoms with Crippen LogP contribution in [0.25, 0.3) is 0 Å². The van der Waals surface area contributed by atoms with Crippen molar-refractivity contribution in [2.45, 2.75) is 39.2 Å². The summed E-state index contributed by atoms with van der Waals surface area (Å²) in [6.45, 7) is 3.42. The second kappa shape index (κ2) is 2.89. The first-order chi connectivity index (χ1) is 6.50. The largest absolute Gasteiger partial charge is 0.392 e. The van der Waals surface area contributed by atoms with Crippen LogP contribution in [0.5, 0.6) is 0 Å². The number of hydrogen-bond acceptors (Lipinski definition) is 3. The van der Waals surface area contributed by atoms with Gasteiger partial charge in [-0.3, -0.25) is 9.59 Å². The van der Waals surface area contributed by atoms with E-state index in [1.54, 1.807) is 0 Å². The van der Waals surface area contributed by atoms with Gasteiger partial charge < -0.3 is 5.11 Å². The molecular formula is C11H16O3. The van der Waals surface area contributed by atoms with Crippen LogP contribution in [0.3, 0.4) is 0 Å². The molecule has 0 saturated heterocycles. The van der Waals surface area contributed by atoms with Crippen molar-refractivity contribution in [1.29, 1.82) is 0 Å². The van der Waals surface area contributed by atoms with Crippen LogP contribution in [-0.4, -0.2) is 22.8 Å². The number of aliphatic hydroxyl groups excluding tert-OH is 1. The van der Waals surface area contributed by atoms with Crippen LogP contribution in [0, 0.1) is 17.3 Å². The molecule has 0 spiro atoms. The third-order valence-corrected chi connectivity index (χ3v) is 4.16. The second-order valence-corrected chi connectivity index (χ2v) is 4.74. The van der Waals surface area contributed by atoms with Crippen LogP contribution in [-0.2, 0) is 9.59 Å². The Hall–Kier alpha value is -0.700. The molecule has 0 aromatic heterocycles. The molecule has 0 radical (unpaired) electrons. The van der Waals surface area contributed by atoms with E-state index in [9.17, 15) is 14.7 Å². The third-order valence-electron chi connectivity index (χ3n) is 4.16. The monoisotopic (exact) mass is 196 g/mol. The first-order valence-electron chi connectivity index (χ1n) is 5.23. The second-order valence-electron chi connectivity index (χ2n) is 4.74. The lowest BCUT2D eigenvalue weighted by atomic mass is 9.64. The minimum atomic E-state index is -0.746. The summed E-state index contributed by atoms with van der Waals surface area (Å²) in [7, 11) is 0. The molecule has 0 amide bonds. The highest BCUT2D eigenvalue weighted by Gasteiger charge is 2.59. The number of ketones is 2. The number of carbonyl (C=O) groups excluding carboxylic acids is 2. The van der Waals surface area contributed by atoms with Crippen molar-refractivity contribution in [3.8, 4) is 0 Å². The van der Waals surface area contributed by atoms with Crippen LogP contribution in [0.1, 0.15) is 33.1 Å². The molecule has 14 heavy (non-hydrogen) atoms. The maximum Gasteiger partial charge on any atom is 0.152 e. The average Bonchev–Trinajstić information content (AvgIpc) is 2.35. The highest BCUT2D eigenvalue weighted by molar-refractivity contribution is 6.09. The van der Waals surface area contributed by atoms with Gasteiger partial charge in [-0.25, -0.2) is 0 Å². The summed E-state index contributed by atoms with van der Waals surface area (Å²) in [5.41, 5.74) is -0.746. The first-order valence-corrected chi connectivity index (χ1v) is 5.23. The molecule has 2 aliphatic carbocycles. The predicted molar refractivity (Wildman–Crippen MR) is 50.6 cm³/mol. The molecule has 2 aliphatic rings. The molecule has 4 unspecified atom stereocenters. The van der Waals surface area contributed by atoms with Gasteiger partial charge in [0.25, 0.3) is 0 Å². The zero-order chi connectivity index (χ0) is 10.5. The van der Waals surface area contributed by atoms with Gasteiger partial charge in [0.2, 0.25) is 0 Å². The Labute approximate surface area is 83.5 Å². The Kier molecular flexibility index (Phi) is 2.03. The number of aliphatic hydroxyl groups is 1.